The number of nitrogens with two attached hydrogens (primary N) is 1. The van der Waals surface area contributed by atoms with E-state index in [4.69, 9.17) is 5.73 Å². The SMILES string of the molecule is NC(=O)CCN(Cc1ccccc1)C(=O)C1CCC1. The van der Waals surface area contributed by atoms with Gasteiger partial charge in [-0.05, 0) is 18.4 Å². The first-order valence-corrected chi connectivity index (χ1v) is 6.78. The Kier molecular flexibility index (Phi) is 4.55. The fourth-order valence-corrected chi connectivity index (χ4v) is 2.23. The van der Waals surface area contributed by atoms with Crippen LogP contribution < -0.4 is 5.73 Å². The van der Waals surface area contributed by atoms with Crippen molar-refractivity contribution in [3.05, 3.63) is 35.9 Å². The van der Waals surface area contributed by atoms with Crippen LogP contribution in [0.1, 0.15) is 31.2 Å². The first-order valence-electron chi connectivity index (χ1n) is 6.78. The molecule has 2 N–H and O–H groups in total. The van der Waals surface area contributed by atoms with Crippen molar-refractivity contribution in [1.29, 1.82) is 0 Å². The van der Waals surface area contributed by atoms with Crippen molar-refractivity contribution in [3.8, 4) is 0 Å². The van der Waals surface area contributed by atoms with Crippen LogP contribution >= 0.6 is 0 Å². The monoisotopic (exact) mass is 260 g/mol. The van der Waals surface area contributed by atoms with Crippen molar-refractivity contribution in [2.45, 2.75) is 32.2 Å². The minimum absolute atomic E-state index is 0.150. The molecule has 2 amide bonds. The molecule has 1 fully saturated rings. The Balaban J connectivity index is 2.00. The molecule has 1 aliphatic rings. The lowest BCUT2D eigenvalue weighted by atomic mass is 9.84. The zero-order valence-corrected chi connectivity index (χ0v) is 11.0. The highest BCUT2D eigenvalue weighted by molar-refractivity contribution is 5.80. The zero-order chi connectivity index (χ0) is 13.7. The highest BCUT2D eigenvalue weighted by Gasteiger charge is 2.29. The molecular weight excluding hydrogens is 240 g/mol. The van der Waals surface area contributed by atoms with E-state index < -0.39 is 0 Å². The van der Waals surface area contributed by atoms with E-state index in [1.165, 1.54) is 0 Å². The van der Waals surface area contributed by atoms with Crippen molar-refractivity contribution < 1.29 is 9.59 Å². The maximum atomic E-state index is 12.3. The Morgan fingerprint density at radius 1 is 1.21 bits per heavy atom. The maximum Gasteiger partial charge on any atom is 0.225 e. The number of benzene rings is 1. The Morgan fingerprint density at radius 2 is 1.89 bits per heavy atom. The lowest BCUT2D eigenvalue weighted by Gasteiger charge is -2.31. The third-order valence-electron chi connectivity index (χ3n) is 3.61. The Morgan fingerprint density at radius 3 is 2.42 bits per heavy atom. The van der Waals surface area contributed by atoms with Gasteiger partial charge in [0, 0.05) is 25.4 Å². The number of hydrogen-bond donors (Lipinski definition) is 1. The van der Waals surface area contributed by atoms with Gasteiger partial charge in [-0.2, -0.15) is 0 Å². The molecule has 2 rings (SSSR count). The zero-order valence-electron chi connectivity index (χ0n) is 11.0. The van der Waals surface area contributed by atoms with Gasteiger partial charge in [-0.25, -0.2) is 0 Å². The minimum atomic E-state index is -0.362. The summed E-state index contributed by atoms with van der Waals surface area (Å²) in [5.41, 5.74) is 6.26. The topological polar surface area (TPSA) is 63.4 Å². The highest BCUT2D eigenvalue weighted by atomic mass is 16.2. The molecule has 0 saturated heterocycles. The molecule has 1 saturated carbocycles. The predicted molar refractivity (Wildman–Crippen MR) is 73.0 cm³/mol. The second kappa shape index (κ2) is 6.36. The smallest absolute Gasteiger partial charge is 0.225 e. The molecule has 0 unspecified atom stereocenters. The molecule has 0 spiro atoms. The van der Waals surface area contributed by atoms with Crippen molar-refractivity contribution in [3.63, 3.8) is 0 Å². The van der Waals surface area contributed by atoms with Gasteiger partial charge in [0.2, 0.25) is 11.8 Å². The number of rotatable bonds is 6. The lowest BCUT2D eigenvalue weighted by molar-refractivity contribution is -0.139. The Labute approximate surface area is 113 Å². The summed E-state index contributed by atoms with van der Waals surface area (Å²) in [5, 5.41) is 0. The van der Waals surface area contributed by atoms with E-state index in [1.807, 2.05) is 30.3 Å². The lowest BCUT2D eigenvalue weighted by Crippen LogP contribution is -2.40. The van der Waals surface area contributed by atoms with E-state index in [-0.39, 0.29) is 24.2 Å². The first kappa shape index (κ1) is 13.6. The molecule has 0 radical (unpaired) electrons. The van der Waals surface area contributed by atoms with Gasteiger partial charge in [0.05, 0.1) is 0 Å². The summed E-state index contributed by atoms with van der Waals surface area (Å²) in [6.07, 6.45) is 3.30. The molecule has 0 heterocycles. The highest BCUT2D eigenvalue weighted by Crippen LogP contribution is 2.28. The average Bonchev–Trinajstić information content (AvgIpc) is 2.33. The molecule has 1 aromatic rings. The number of amides is 2. The summed E-state index contributed by atoms with van der Waals surface area (Å²) >= 11 is 0. The van der Waals surface area contributed by atoms with Crippen molar-refractivity contribution in [1.82, 2.24) is 4.90 Å². The maximum absolute atomic E-state index is 12.3. The second-order valence-corrected chi connectivity index (χ2v) is 5.09. The quantitative estimate of drug-likeness (QED) is 0.846. The van der Waals surface area contributed by atoms with Crippen molar-refractivity contribution in [2.75, 3.05) is 6.54 Å². The van der Waals surface area contributed by atoms with Crippen molar-refractivity contribution in [2.24, 2.45) is 11.7 Å². The van der Waals surface area contributed by atoms with Crippen LogP contribution in [-0.2, 0) is 16.1 Å². The molecule has 102 valence electrons. The summed E-state index contributed by atoms with van der Waals surface area (Å²) in [6.45, 7) is 0.975. The van der Waals surface area contributed by atoms with Gasteiger partial charge >= 0.3 is 0 Å². The fraction of sp³-hybridized carbons (Fsp3) is 0.467. The van der Waals surface area contributed by atoms with Gasteiger partial charge in [0.15, 0.2) is 0 Å². The molecule has 4 nitrogen and oxygen atoms in total. The van der Waals surface area contributed by atoms with Gasteiger partial charge in [-0.15, -0.1) is 0 Å². The second-order valence-electron chi connectivity index (χ2n) is 5.09. The summed E-state index contributed by atoms with van der Waals surface area (Å²) in [5.74, 6) is -0.0487. The van der Waals surface area contributed by atoms with E-state index >= 15 is 0 Å². The molecule has 0 aromatic heterocycles. The molecular formula is C15H20N2O2. The van der Waals surface area contributed by atoms with Gasteiger partial charge in [-0.1, -0.05) is 36.8 Å². The average molecular weight is 260 g/mol. The van der Waals surface area contributed by atoms with E-state index in [9.17, 15) is 9.59 Å². The number of carbonyl (C=O) groups is 2. The van der Waals surface area contributed by atoms with E-state index in [2.05, 4.69) is 0 Å². The summed E-state index contributed by atoms with van der Waals surface area (Å²) in [4.78, 5) is 25.0. The normalized spacial score (nSPS) is 14.7. The standard InChI is InChI=1S/C15H20N2O2/c16-14(18)9-10-17(15(19)13-7-4-8-13)11-12-5-2-1-3-6-12/h1-3,5-6,13H,4,7-11H2,(H2,16,18). The predicted octanol–water partition coefficient (Wildman–Crippen LogP) is 1.69. The molecule has 1 aromatic carbocycles. The molecule has 0 atom stereocenters. The van der Waals surface area contributed by atoms with Crippen molar-refractivity contribution >= 4 is 11.8 Å². The molecule has 1 aliphatic carbocycles. The first-order chi connectivity index (χ1) is 9.16. The number of primary amides is 1. The molecule has 4 heteroatoms. The third kappa shape index (κ3) is 3.81. The van der Waals surface area contributed by atoms with Crippen LogP contribution in [0.15, 0.2) is 30.3 Å². The molecule has 19 heavy (non-hydrogen) atoms. The summed E-state index contributed by atoms with van der Waals surface area (Å²) in [7, 11) is 0. The number of carbonyl (C=O) groups excluding carboxylic acids is 2. The van der Waals surface area contributed by atoms with Crippen LogP contribution in [0.4, 0.5) is 0 Å². The Bertz CT molecular complexity index is 441. The van der Waals surface area contributed by atoms with Crippen LogP contribution in [0.3, 0.4) is 0 Å². The van der Waals surface area contributed by atoms with E-state index in [0.717, 1.165) is 24.8 Å². The largest absolute Gasteiger partial charge is 0.370 e. The third-order valence-corrected chi connectivity index (χ3v) is 3.61. The van der Waals surface area contributed by atoms with E-state index in [1.54, 1.807) is 4.90 Å². The molecule has 0 aliphatic heterocycles. The van der Waals surface area contributed by atoms with Crippen LogP contribution in [0, 0.1) is 5.92 Å². The number of nitrogens with zero attached hydrogens (tertiary/aromatic N) is 1. The van der Waals surface area contributed by atoms with Crippen LogP contribution in [0.25, 0.3) is 0 Å². The van der Waals surface area contributed by atoms with Gasteiger partial charge in [0.25, 0.3) is 0 Å². The molecule has 0 bridgehead atoms. The fourth-order valence-electron chi connectivity index (χ4n) is 2.23. The van der Waals surface area contributed by atoms with Gasteiger partial charge < -0.3 is 10.6 Å². The summed E-state index contributed by atoms with van der Waals surface area (Å²) in [6, 6.07) is 9.84. The number of hydrogen-bond acceptors (Lipinski definition) is 2. The van der Waals surface area contributed by atoms with Crippen LogP contribution in [0.5, 0.6) is 0 Å². The van der Waals surface area contributed by atoms with Crippen LogP contribution in [0.2, 0.25) is 0 Å². The van der Waals surface area contributed by atoms with E-state index in [0.29, 0.717) is 13.1 Å². The van der Waals surface area contributed by atoms with Gasteiger partial charge in [0.1, 0.15) is 0 Å². The minimum Gasteiger partial charge on any atom is -0.370 e. The summed E-state index contributed by atoms with van der Waals surface area (Å²) < 4.78 is 0. The van der Waals surface area contributed by atoms with Gasteiger partial charge in [-0.3, -0.25) is 9.59 Å². The Hall–Kier alpha value is -1.84. The van der Waals surface area contributed by atoms with Crippen LogP contribution in [-0.4, -0.2) is 23.3 Å².